The lowest BCUT2D eigenvalue weighted by Gasteiger charge is -2.25. The van der Waals surface area contributed by atoms with E-state index in [1.807, 2.05) is 31.3 Å². The molecule has 3 amide bonds. The van der Waals surface area contributed by atoms with Crippen molar-refractivity contribution in [1.29, 1.82) is 0 Å². The van der Waals surface area contributed by atoms with Crippen LogP contribution >= 0.6 is 11.8 Å². The molecule has 0 saturated carbocycles. The number of carbonyl (C=O) groups excluding carboxylic acids is 2. The molecule has 1 aromatic heterocycles. The van der Waals surface area contributed by atoms with Crippen LogP contribution in [-0.4, -0.2) is 56.5 Å². The highest BCUT2D eigenvalue weighted by molar-refractivity contribution is 8.00. The highest BCUT2D eigenvalue weighted by atomic mass is 32.2. The number of carbonyl (C=O) groups is 2. The molecule has 0 bridgehead atoms. The van der Waals surface area contributed by atoms with Crippen molar-refractivity contribution in [1.82, 2.24) is 25.0 Å². The largest absolute Gasteiger partial charge is 0.485 e. The van der Waals surface area contributed by atoms with Crippen LogP contribution in [0.1, 0.15) is 18.9 Å². The maximum atomic E-state index is 12.5. The lowest BCUT2D eigenvalue weighted by molar-refractivity contribution is -0.126. The molecule has 142 valence electrons. The molecule has 2 aliphatic rings. The number of amides is 3. The monoisotopic (exact) mass is 389 g/mol. The van der Waals surface area contributed by atoms with Gasteiger partial charge in [0.1, 0.15) is 6.61 Å². The van der Waals surface area contributed by atoms with Crippen LogP contribution in [0, 0.1) is 0 Å². The molecule has 2 aromatic rings. The van der Waals surface area contributed by atoms with Crippen LogP contribution in [0.25, 0.3) is 0 Å². The highest BCUT2D eigenvalue weighted by Crippen LogP contribution is 2.36. The van der Waals surface area contributed by atoms with Gasteiger partial charge in [-0.2, -0.15) is 0 Å². The van der Waals surface area contributed by atoms with Gasteiger partial charge in [0.15, 0.2) is 28.6 Å². The van der Waals surface area contributed by atoms with Crippen LogP contribution < -0.4 is 14.8 Å². The summed E-state index contributed by atoms with van der Waals surface area (Å²) in [7, 11) is 1.82. The van der Waals surface area contributed by atoms with E-state index in [4.69, 9.17) is 9.47 Å². The van der Waals surface area contributed by atoms with E-state index >= 15 is 0 Å². The van der Waals surface area contributed by atoms with Gasteiger partial charge in [-0.3, -0.25) is 9.69 Å². The van der Waals surface area contributed by atoms with Crippen molar-refractivity contribution in [2.75, 3.05) is 19.7 Å². The van der Waals surface area contributed by atoms with Crippen molar-refractivity contribution < 1.29 is 19.1 Å². The normalized spacial score (nSPS) is 19.7. The number of nitrogens with zero attached hydrogens (tertiary/aromatic N) is 4. The molecule has 0 aliphatic carbocycles. The van der Waals surface area contributed by atoms with E-state index in [2.05, 4.69) is 15.5 Å². The summed E-state index contributed by atoms with van der Waals surface area (Å²) >= 11 is 1.26. The molecule has 4 rings (SSSR count). The number of fused-ring (bicyclic) bond motifs is 1. The van der Waals surface area contributed by atoms with Gasteiger partial charge in [-0.05, 0) is 19.1 Å². The third-order valence-corrected chi connectivity index (χ3v) is 5.54. The van der Waals surface area contributed by atoms with Gasteiger partial charge in [-0.25, -0.2) is 4.79 Å². The fourth-order valence-corrected chi connectivity index (χ4v) is 3.85. The Labute approximate surface area is 160 Å². The minimum atomic E-state index is -0.464. The summed E-state index contributed by atoms with van der Waals surface area (Å²) < 4.78 is 13.5. The second-order valence-corrected chi connectivity index (χ2v) is 7.55. The van der Waals surface area contributed by atoms with Gasteiger partial charge >= 0.3 is 6.03 Å². The summed E-state index contributed by atoms with van der Waals surface area (Å²) in [4.78, 5) is 25.4. The Morgan fingerprint density at radius 2 is 2.11 bits per heavy atom. The average Bonchev–Trinajstić information content (AvgIpc) is 3.26. The van der Waals surface area contributed by atoms with E-state index in [1.54, 1.807) is 11.5 Å². The summed E-state index contributed by atoms with van der Waals surface area (Å²) in [5.41, 5.74) is 0. The van der Waals surface area contributed by atoms with Crippen molar-refractivity contribution >= 4 is 23.7 Å². The second-order valence-electron chi connectivity index (χ2n) is 6.25. The van der Waals surface area contributed by atoms with Crippen molar-refractivity contribution in [3.63, 3.8) is 0 Å². The van der Waals surface area contributed by atoms with E-state index in [-0.39, 0.29) is 18.0 Å². The molecule has 3 heterocycles. The number of hydrogen-bond acceptors (Lipinski definition) is 7. The molecule has 2 aliphatic heterocycles. The fourth-order valence-electron chi connectivity index (χ4n) is 2.97. The molecule has 1 N–H and O–H groups in total. The third-order valence-electron chi connectivity index (χ3n) is 4.42. The Balaban J connectivity index is 1.46. The Kier molecular flexibility index (Phi) is 4.65. The maximum Gasteiger partial charge on any atom is 0.324 e. The predicted molar refractivity (Wildman–Crippen MR) is 96.7 cm³/mol. The number of ether oxygens (including phenoxy) is 2. The summed E-state index contributed by atoms with van der Waals surface area (Å²) in [6.45, 7) is 2.95. The first-order valence-corrected chi connectivity index (χ1v) is 9.46. The Morgan fingerprint density at radius 3 is 2.85 bits per heavy atom. The zero-order valence-electron chi connectivity index (χ0n) is 14.9. The third kappa shape index (κ3) is 3.32. The first-order valence-electron chi connectivity index (χ1n) is 8.58. The van der Waals surface area contributed by atoms with Crippen LogP contribution in [-0.2, 0) is 11.8 Å². The lowest BCUT2D eigenvalue weighted by Crippen LogP contribution is -2.39. The number of hydrogen-bond donors (Lipinski definition) is 1. The zero-order chi connectivity index (χ0) is 19.0. The van der Waals surface area contributed by atoms with Gasteiger partial charge in [-0.15, -0.1) is 10.2 Å². The SMILES string of the molecule is C[C@H](Sc1nnc([C@H]2COc3ccccc3O2)n1C)C(=O)N1CCNC1=O. The average molecular weight is 389 g/mol. The first kappa shape index (κ1) is 17.7. The molecular weight excluding hydrogens is 370 g/mol. The molecule has 0 radical (unpaired) electrons. The molecule has 0 unspecified atom stereocenters. The highest BCUT2D eigenvalue weighted by Gasteiger charge is 2.32. The van der Waals surface area contributed by atoms with Crippen LogP contribution in [0.2, 0.25) is 0 Å². The number of imide groups is 1. The van der Waals surface area contributed by atoms with Crippen LogP contribution in [0.3, 0.4) is 0 Å². The molecule has 9 nitrogen and oxygen atoms in total. The molecule has 0 spiro atoms. The standard InChI is InChI=1S/C17H19N5O4S/c1-10(15(23)22-8-7-18-16(22)24)27-17-20-19-14(21(17)2)13-9-25-11-5-3-4-6-12(11)26-13/h3-6,10,13H,7-9H2,1-2H3,(H,18,24)/t10-,13+/m0/s1. The Hall–Kier alpha value is -2.75. The van der Waals surface area contributed by atoms with Gasteiger partial charge in [0.05, 0.1) is 5.25 Å². The van der Waals surface area contributed by atoms with Gasteiger partial charge in [0.25, 0.3) is 0 Å². The van der Waals surface area contributed by atoms with Gasteiger partial charge in [0, 0.05) is 20.1 Å². The number of benzene rings is 1. The van der Waals surface area contributed by atoms with Gasteiger partial charge in [-0.1, -0.05) is 23.9 Å². The molecule has 2 atom stereocenters. The number of para-hydroxylation sites is 2. The van der Waals surface area contributed by atoms with Gasteiger partial charge in [0.2, 0.25) is 5.91 Å². The smallest absolute Gasteiger partial charge is 0.324 e. The van der Waals surface area contributed by atoms with Crippen LogP contribution in [0.4, 0.5) is 4.79 Å². The number of urea groups is 1. The summed E-state index contributed by atoms with van der Waals surface area (Å²) in [6.07, 6.45) is -0.387. The minimum Gasteiger partial charge on any atom is -0.485 e. The van der Waals surface area contributed by atoms with E-state index in [0.29, 0.717) is 42.2 Å². The zero-order valence-corrected chi connectivity index (χ0v) is 15.7. The molecule has 10 heteroatoms. The van der Waals surface area contributed by atoms with Crippen LogP contribution in [0.15, 0.2) is 29.4 Å². The molecule has 1 saturated heterocycles. The Bertz CT molecular complexity index is 886. The number of thioether (sulfide) groups is 1. The number of aromatic nitrogens is 3. The summed E-state index contributed by atoms with van der Waals surface area (Å²) in [5.74, 6) is 1.74. The lowest BCUT2D eigenvalue weighted by atomic mass is 10.2. The number of nitrogens with one attached hydrogen (secondary N) is 1. The van der Waals surface area contributed by atoms with Gasteiger partial charge < -0.3 is 19.4 Å². The summed E-state index contributed by atoms with van der Waals surface area (Å²) in [6, 6.07) is 7.11. The van der Waals surface area contributed by atoms with Crippen molar-refractivity contribution in [3.8, 4) is 11.5 Å². The van der Waals surface area contributed by atoms with Crippen molar-refractivity contribution in [2.45, 2.75) is 23.4 Å². The van der Waals surface area contributed by atoms with E-state index < -0.39 is 5.25 Å². The summed E-state index contributed by atoms with van der Waals surface area (Å²) in [5, 5.41) is 11.1. The van der Waals surface area contributed by atoms with E-state index in [1.165, 1.54) is 16.7 Å². The second kappa shape index (κ2) is 7.10. The minimum absolute atomic E-state index is 0.245. The molecule has 27 heavy (non-hydrogen) atoms. The van der Waals surface area contributed by atoms with E-state index in [9.17, 15) is 9.59 Å². The number of rotatable bonds is 4. The molecular formula is C17H19N5O4S. The van der Waals surface area contributed by atoms with Crippen LogP contribution in [0.5, 0.6) is 11.5 Å². The fraction of sp³-hybridized carbons (Fsp3) is 0.412. The Morgan fingerprint density at radius 1 is 1.33 bits per heavy atom. The first-order chi connectivity index (χ1) is 13.0. The predicted octanol–water partition coefficient (Wildman–Crippen LogP) is 1.36. The molecule has 1 aromatic carbocycles. The topological polar surface area (TPSA) is 98.6 Å². The maximum absolute atomic E-state index is 12.5. The van der Waals surface area contributed by atoms with Crippen molar-refractivity contribution in [2.24, 2.45) is 7.05 Å². The quantitative estimate of drug-likeness (QED) is 0.789. The van der Waals surface area contributed by atoms with Crippen molar-refractivity contribution in [3.05, 3.63) is 30.1 Å². The van der Waals surface area contributed by atoms with E-state index in [0.717, 1.165) is 0 Å². The molecule has 1 fully saturated rings.